The minimum absolute atomic E-state index is 0.0608. The lowest BCUT2D eigenvalue weighted by molar-refractivity contribution is -0.149. The Balaban J connectivity index is 3.62. The minimum atomic E-state index is -4.73. The van der Waals surface area contributed by atoms with Gasteiger partial charge in [-0.05, 0) is 13.3 Å². The molecule has 0 rings (SSSR count). The van der Waals surface area contributed by atoms with Crippen molar-refractivity contribution in [2.75, 3.05) is 13.2 Å². The van der Waals surface area contributed by atoms with Crippen molar-refractivity contribution in [3.05, 3.63) is 0 Å². The Hall–Kier alpha value is -1.15. The highest BCUT2D eigenvalue weighted by atomic mass is 32.2. The van der Waals surface area contributed by atoms with Gasteiger partial charge in [-0.3, -0.25) is 14.1 Å². The summed E-state index contributed by atoms with van der Waals surface area (Å²) in [6.07, 6.45) is 19.0. The van der Waals surface area contributed by atoms with Crippen LogP contribution in [0.5, 0.6) is 0 Å². The first kappa shape index (κ1) is 30.9. The van der Waals surface area contributed by atoms with Gasteiger partial charge in [0.25, 0.3) is 10.1 Å². The quantitative estimate of drug-likeness (QED) is 0.115. The van der Waals surface area contributed by atoms with Crippen LogP contribution in [0.1, 0.15) is 123 Å². The number of hydrogen-bond acceptors (Lipinski definition) is 6. The van der Waals surface area contributed by atoms with E-state index < -0.39 is 33.7 Å². The summed E-state index contributed by atoms with van der Waals surface area (Å²) in [5.74, 6) is -1.98. The third-order valence-electron chi connectivity index (χ3n) is 5.52. The lowest BCUT2D eigenvalue weighted by Gasteiger charge is -2.12. The Morgan fingerprint density at radius 1 is 0.688 bits per heavy atom. The predicted molar refractivity (Wildman–Crippen MR) is 127 cm³/mol. The van der Waals surface area contributed by atoms with E-state index in [1.165, 1.54) is 77.0 Å². The van der Waals surface area contributed by atoms with Crippen molar-refractivity contribution in [1.82, 2.24) is 0 Å². The zero-order valence-corrected chi connectivity index (χ0v) is 21.1. The molecule has 1 atom stereocenters. The molecule has 0 radical (unpaired) electrons. The molecule has 1 unspecified atom stereocenters. The zero-order chi connectivity index (χ0) is 24.1. The van der Waals surface area contributed by atoms with E-state index >= 15 is 0 Å². The molecule has 0 saturated heterocycles. The number of hydrogen-bond donors (Lipinski definition) is 1. The van der Waals surface area contributed by atoms with Crippen LogP contribution in [0.15, 0.2) is 0 Å². The maximum absolute atomic E-state index is 11.9. The SMILES string of the molecule is CCCCCCCCCCCCCCCCCCOC(=O)C(CC(=O)OCC)S(=O)(=O)O. The fraction of sp³-hybridized carbons (Fsp3) is 0.917. The zero-order valence-electron chi connectivity index (χ0n) is 20.3. The lowest BCUT2D eigenvalue weighted by Crippen LogP contribution is -2.34. The van der Waals surface area contributed by atoms with Gasteiger partial charge in [0, 0.05) is 0 Å². The molecule has 0 heterocycles. The van der Waals surface area contributed by atoms with E-state index in [0.29, 0.717) is 6.42 Å². The topological polar surface area (TPSA) is 107 Å². The van der Waals surface area contributed by atoms with Crippen LogP contribution in [0.2, 0.25) is 0 Å². The molecule has 0 aliphatic heterocycles. The molecule has 0 fully saturated rings. The number of rotatable bonds is 22. The lowest BCUT2D eigenvalue weighted by atomic mass is 10.0. The predicted octanol–water partition coefficient (Wildman–Crippen LogP) is 6.00. The fourth-order valence-corrected chi connectivity index (χ4v) is 4.26. The molecule has 1 N–H and O–H groups in total. The van der Waals surface area contributed by atoms with E-state index in [1.807, 2.05) is 0 Å². The third-order valence-corrected chi connectivity index (χ3v) is 6.60. The Labute approximate surface area is 195 Å². The molecule has 0 saturated carbocycles. The third kappa shape index (κ3) is 18.4. The summed E-state index contributed by atoms with van der Waals surface area (Å²) in [6, 6.07) is 0. The smallest absolute Gasteiger partial charge is 0.327 e. The average Bonchev–Trinajstić information content (AvgIpc) is 2.73. The van der Waals surface area contributed by atoms with Crippen molar-refractivity contribution in [3.8, 4) is 0 Å². The highest BCUT2D eigenvalue weighted by Gasteiger charge is 2.35. The van der Waals surface area contributed by atoms with Crippen molar-refractivity contribution < 1.29 is 32.0 Å². The van der Waals surface area contributed by atoms with Crippen LogP contribution in [0, 0.1) is 0 Å². The van der Waals surface area contributed by atoms with Crippen LogP contribution in [-0.4, -0.2) is 43.4 Å². The molecule has 32 heavy (non-hydrogen) atoms. The summed E-state index contributed by atoms with van der Waals surface area (Å²) in [5, 5.41) is -1.93. The van der Waals surface area contributed by atoms with E-state index in [0.717, 1.165) is 19.3 Å². The molecule has 0 aromatic rings. The number of carbonyl (C=O) groups is 2. The Morgan fingerprint density at radius 3 is 1.47 bits per heavy atom. The number of ether oxygens (including phenoxy) is 2. The van der Waals surface area contributed by atoms with Crippen molar-refractivity contribution >= 4 is 22.1 Å². The van der Waals surface area contributed by atoms with E-state index in [2.05, 4.69) is 11.7 Å². The van der Waals surface area contributed by atoms with Gasteiger partial charge in [0.2, 0.25) is 0 Å². The number of carbonyl (C=O) groups excluding carboxylic acids is 2. The van der Waals surface area contributed by atoms with Crippen LogP contribution >= 0.6 is 0 Å². The second-order valence-corrected chi connectivity index (χ2v) is 10.1. The molecule has 0 aliphatic carbocycles. The van der Waals surface area contributed by atoms with E-state index in [4.69, 9.17) is 4.74 Å². The van der Waals surface area contributed by atoms with Gasteiger partial charge in [-0.25, -0.2) is 0 Å². The van der Waals surface area contributed by atoms with E-state index in [9.17, 15) is 22.6 Å². The van der Waals surface area contributed by atoms with Gasteiger partial charge in [-0.15, -0.1) is 0 Å². The second-order valence-electron chi connectivity index (χ2n) is 8.48. The summed E-state index contributed by atoms with van der Waals surface area (Å²) in [5.41, 5.74) is 0. The van der Waals surface area contributed by atoms with Gasteiger partial charge < -0.3 is 9.47 Å². The van der Waals surface area contributed by atoms with Gasteiger partial charge in [0.1, 0.15) is 0 Å². The fourth-order valence-electron chi connectivity index (χ4n) is 3.60. The van der Waals surface area contributed by atoms with Crippen LogP contribution in [0.3, 0.4) is 0 Å². The summed E-state index contributed by atoms with van der Waals surface area (Å²) in [4.78, 5) is 23.4. The Bertz CT molecular complexity index is 575. The maximum Gasteiger partial charge on any atom is 0.327 e. The highest BCUT2D eigenvalue weighted by Crippen LogP contribution is 2.14. The molecule has 0 spiro atoms. The molecule has 0 aromatic heterocycles. The van der Waals surface area contributed by atoms with Gasteiger partial charge in [0.05, 0.1) is 19.6 Å². The molecule has 0 aromatic carbocycles. The van der Waals surface area contributed by atoms with E-state index in [-0.39, 0.29) is 13.2 Å². The monoisotopic (exact) mass is 478 g/mol. The number of esters is 2. The molecule has 190 valence electrons. The van der Waals surface area contributed by atoms with Crippen LogP contribution in [0.4, 0.5) is 0 Å². The molecular formula is C24H46O7S. The molecule has 8 heteroatoms. The van der Waals surface area contributed by atoms with Gasteiger partial charge in [-0.1, -0.05) is 103 Å². The molecule has 7 nitrogen and oxygen atoms in total. The number of unbranched alkanes of at least 4 members (excludes halogenated alkanes) is 15. The first-order valence-corrected chi connectivity index (χ1v) is 14.1. The summed E-state index contributed by atoms with van der Waals surface area (Å²) < 4.78 is 41.4. The standard InChI is InChI=1S/C24H46O7S/c1-3-5-6-7-8-9-10-11-12-13-14-15-16-17-18-19-20-31-24(26)22(32(27,28)29)21-23(25)30-4-2/h22H,3-21H2,1-2H3,(H,27,28,29). The first-order chi connectivity index (χ1) is 15.3. The summed E-state index contributed by atoms with van der Waals surface area (Å²) >= 11 is 0. The molecular weight excluding hydrogens is 432 g/mol. The minimum Gasteiger partial charge on any atom is -0.466 e. The van der Waals surface area contributed by atoms with Crippen molar-refractivity contribution in [2.24, 2.45) is 0 Å². The largest absolute Gasteiger partial charge is 0.466 e. The van der Waals surface area contributed by atoms with Gasteiger partial charge in [0.15, 0.2) is 5.25 Å². The van der Waals surface area contributed by atoms with Gasteiger partial charge in [-0.2, -0.15) is 8.42 Å². The molecule has 0 aliphatic rings. The molecule has 0 bridgehead atoms. The summed E-state index contributed by atoms with van der Waals surface area (Å²) in [7, 11) is -4.73. The van der Waals surface area contributed by atoms with Crippen LogP contribution in [0.25, 0.3) is 0 Å². The highest BCUT2D eigenvalue weighted by molar-refractivity contribution is 7.87. The van der Waals surface area contributed by atoms with Crippen molar-refractivity contribution in [1.29, 1.82) is 0 Å². The second kappa shape index (κ2) is 20.5. The summed E-state index contributed by atoms with van der Waals surface area (Å²) in [6.45, 7) is 3.95. The Morgan fingerprint density at radius 2 is 1.09 bits per heavy atom. The van der Waals surface area contributed by atoms with Crippen LogP contribution < -0.4 is 0 Å². The molecule has 0 amide bonds. The van der Waals surface area contributed by atoms with Crippen molar-refractivity contribution in [3.63, 3.8) is 0 Å². The van der Waals surface area contributed by atoms with Crippen LogP contribution in [-0.2, 0) is 29.2 Å². The average molecular weight is 479 g/mol. The van der Waals surface area contributed by atoms with E-state index in [1.54, 1.807) is 6.92 Å². The normalized spacial score (nSPS) is 12.5. The Kier molecular flexibility index (Phi) is 19.7. The maximum atomic E-state index is 11.9. The first-order valence-electron chi connectivity index (χ1n) is 12.6. The van der Waals surface area contributed by atoms with Gasteiger partial charge >= 0.3 is 11.9 Å². The van der Waals surface area contributed by atoms with Crippen molar-refractivity contribution in [2.45, 2.75) is 128 Å².